The average Bonchev–Trinajstić information content (AvgIpc) is 2.49. The second-order valence-corrected chi connectivity index (χ2v) is 6.01. The second-order valence-electron chi connectivity index (χ2n) is 5.11. The molecule has 0 bridgehead atoms. The molecule has 0 aromatic rings. The molecule has 1 aliphatic rings. The van der Waals surface area contributed by atoms with Crippen LogP contribution in [0.1, 0.15) is 44.9 Å². The Morgan fingerprint density at radius 3 is 1.32 bits per heavy atom. The van der Waals surface area contributed by atoms with Crippen molar-refractivity contribution in [2.24, 2.45) is 5.41 Å². The number of carboxylic acid groups (broad SMARTS) is 2. The number of aliphatic hydroxyl groups is 2. The summed E-state index contributed by atoms with van der Waals surface area (Å²) in [7, 11) is 0. The highest BCUT2D eigenvalue weighted by atomic mass is 32.1. The van der Waals surface area contributed by atoms with E-state index in [2.05, 4.69) is 25.3 Å². The molecule has 0 aromatic carbocycles. The Hall–Kier alpha value is -0.440. The summed E-state index contributed by atoms with van der Waals surface area (Å²) in [6.45, 7) is 0.312. The summed E-state index contributed by atoms with van der Waals surface area (Å²) in [5.41, 5.74) is -0.127. The molecule has 1 rings (SSSR count). The molecule has 1 aliphatic carbocycles. The highest BCUT2D eigenvalue weighted by molar-refractivity contribution is 7.80. The van der Waals surface area contributed by atoms with Crippen LogP contribution in [0.2, 0.25) is 0 Å². The largest absolute Gasteiger partial charge is 0.481 e. The number of carboxylic acids is 2. The van der Waals surface area contributed by atoms with Gasteiger partial charge < -0.3 is 20.4 Å². The Morgan fingerprint density at radius 2 is 1.18 bits per heavy atom. The molecule has 1 saturated carbocycles. The fourth-order valence-electron chi connectivity index (χ4n) is 1.86. The van der Waals surface area contributed by atoms with Gasteiger partial charge in [-0.05, 0) is 12.8 Å². The first-order chi connectivity index (χ1) is 10.4. The van der Waals surface area contributed by atoms with E-state index >= 15 is 0 Å². The van der Waals surface area contributed by atoms with Crippen molar-refractivity contribution in [2.45, 2.75) is 44.9 Å². The molecule has 0 atom stereocenters. The van der Waals surface area contributed by atoms with Gasteiger partial charge in [0.2, 0.25) is 0 Å². The van der Waals surface area contributed by atoms with Crippen molar-refractivity contribution in [3.8, 4) is 0 Å². The summed E-state index contributed by atoms with van der Waals surface area (Å²) in [5, 5.41) is 33.7. The van der Waals surface area contributed by atoms with Crippen molar-refractivity contribution in [1.82, 2.24) is 0 Å². The van der Waals surface area contributed by atoms with Crippen molar-refractivity contribution >= 4 is 37.2 Å². The molecule has 0 heterocycles. The lowest BCUT2D eigenvalue weighted by Gasteiger charge is -2.33. The molecule has 0 amide bonds. The van der Waals surface area contributed by atoms with E-state index in [9.17, 15) is 9.59 Å². The normalized spacial score (nSPS) is 15.6. The van der Waals surface area contributed by atoms with Crippen LogP contribution in [0.15, 0.2) is 0 Å². The summed E-state index contributed by atoms with van der Waals surface area (Å²) in [6.07, 6.45) is 5.91. The van der Waals surface area contributed by atoms with Gasteiger partial charge in [-0.15, -0.1) is 0 Å². The van der Waals surface area contributed by atoms with E-state index in [1.165, 1.54) is 19.3 Å². The predicted molar refractivity (Wildman–Crippen MR) is 91.9 cm³/mol. The molecule has 0 saturated heterocycles. The van der Waals surface area contributed by atoms with Crippen molar-refractivity contribution in [1.29, 1.82) is 0 Å². The quantitative estimate of drug-likeness (QED) is 0.404. The highest BCUT2D eigenvalue weighted by Crippen LogP contribution is 2.34. The first-order valence-corrected chi connectivity index (χ1v) is 8.51. The van der Waals surface area contributed by atoms with Gasteiger partial charge in [-0.25, -0.2) is 0 Å². The standard InChI is InChI=1S/C8H16O2.2C3H6O2S/c9-6-8(7-10)4-2-1-3-5-8;2*4-3(5)1-2-6/h9-10H,1-7H2;2*6H,1-2H2,(H,4,5). The van der Waals surface area contributed by atoms with E-state index in [1.807, 2.05) is 0 Å². The molecule has 22 heavy (non-hydrogen) atoms. The van der Waals surface area contributed by atoms with Gasteiger partial charge >= 0.3 is 11.9 Å². The molecule has 132 valence electrons. The molecular formula is C14H28O6S2. The zero-order chi connectivity index (χ0) is 17.4. The molecule has 0 aromatic heterocycles. The zero-order valence-corrected chi connectivity index (χ0v) is 14.6. The maximum absolute atomic E-state index is 9.55. The van der Waals surface area contributed by atoms with Crippen LogP contribution in [0.25, 0.3) is 0 Å². The van der Waals surface area contributed by atoms with Gasteiger partial charge in [-0.3, -0.25) is 9.59 Å². The Balaban J connectivity index is 0. The molecule has 6 nitrogen and oxygen atoms in total. The van der Waals surface area contributed by atoms with Gasteiger partial charge in [0.25, 0.3) is 0 Å². The van der Waals surface area contributed by atoms with Crippen LogP contribution in [0.4, 0.5) is 0 Å². The van der Waals surface area contributed by atoms with Gasteiger partial charge in [-0.1, -0.05) is 19.3 Å². The molecule has 0 aliphatic heterocycles. The lowest BCUT2D eigenvalue weighted by Crippen LogP contribution is -2.31. The van der Waals surface area contributed by atoms with Gasteiger partial charge in [0.15, 0.2) is 0 Å². The van der Waals surface area contributed by atoms with E-state index in [4.69, 9.17) is 20.4 Å². The molecule has 8 heteroatoms. The minimum Gasteiger partial charge on any atom is -0.481 e. The molecule has 0 spiro atoms. The van der Waals surface area contributed by atoms with Crippen LogP contribution in [-0.2, 0) is 9.59 Å². The van der Waals surface area contributed by atoms with E-state index < -0.39 is 11.9 Å². The number of carbonyl (C=O) groups is 2. The summed E-state index contributed by atoms with van der Waals surface area (Å²) in [6, 6.07) is 0. The smallest absolute Gasteiger partial charge is 0.304 e. The van der Waals surface area contributed by atoms with Crippen LogP contribution in [0, 0.1) is 5.41 Å². The minimum atomic E-state index is -0.787. The third kappa shape index (κ3) is 14.5. The highest BCUT2D eigenvalue weighted by Gasteiger charge is 2.30. The monoisotopic (exact) mass is 356 g/mol. The van der Waals surface area contributed by atoms with Gasteiger partial charge in [-0.2, -0.15) is 25.3 Å². The van der Waals surface area contributed by atoms with Crippen LogP contribution in [-0.4, -0.2) is 57.1 Å². The number of thiol groups is 2. The Bertz CT molecular complexity index is 271. The Kier molecular flexibility index (Phi) is 16.7. The number of hydrogen-bond donors (Lipinski definition) is 6. The third-order valence-corrected chi connectivity index (χ3v) is 3.68. The van der Waals surface area contributed by atoms with E-state index in [0.717, 1.165) is 12.8 Å². The number of hydrogen-bond acceptors (Lipinski definition) is 6. The Morgan fingerprint density at radius 1 is 0.818 bits per heavy atom. The lowest BCUT2D eigenvalue weighted by molar-refractivity contribution is -0.137. The maximum atomic E-state index is 9.55. The number of aliphatic hydroxyl groups excluding tert-OH is 2. The minimum absolute atomic E-state index is 0.127. The van der Waals surface area contributed by atoms with Crippen LogP contribution in [0.5, 0.6) is 0 Å². The Labute approximate surface area is 142 Å². The zero-order valence-electron chi connectivity index (χ0n) is 12.8. The molecule has 4 N–H and O–H groups in total. The third-order valence-electron chi connectivity index (χ3n) is 3.24. The second kappa shape index (κ2) is 15.5. The van der Waals surface area contributed by atoms with Crippen LogP contribution in [0.3, 0.4) is 0 Å². The fraction of sp³-hybridized carbons (Fsp3) is 0.857. The molecule has 0 unspecified atom stereocenters. The molecular weight excluding hydrogens is 328 g/mol. The summed E-state index contributed by atoms with van der Waals surface area (Å²) >= 11 is 7.36. The van der Waals surface area contributed by atoms with Gasteiger partial charge in [0.05, 0.1) is 26.1 Å². The van der Waals surface area contributed by atoms with E-state index in [1.54, 1.807) is 0 Å². The number of aliphatic carboxylic acids is 2. The van der Waals surface area contributed by atoms with Crippen molar-refractivity contribution in [3.63, 3.8) is 0 Å². The van der Waals surface area contributed by atoms with Crippen molar-refractivity contribution in [3.05, 3.63) is 0 Å². The van der Waals surface area contributed by atoms with Crippen LogP contribution >= 0.6 is 25.3 Å². The summed E-state index contributed by atoms with van der Waals surface area (Å²) in [4.78, 5) is 19.1. The fourth-order valence-corrected chi connectivity index (χ4v) is 2.24. The molecule has 1 fully saturated rings. The molecule has 0 radical (unpaired) electrons. The van der Waals surface area contributed by atoms with Crippen molar-refractivity contribution in [2.75, 3.05) is 24.7 Å². The average molecular weight is 357 g/mol. The van der Waals surface area contributed by atoms with E-state index in [-0.39, 0.29) is 31.5 Å². The number of rotatable bonds is 6. The van der Waals surface area contributed by atoms with E-state index in [0.29, 0.717) is 11.5 Å². The maximum Gasteiger partial charge on any atom is 0.304 e. The summed E-state index contributed by atoms with van der Waals surface area (Å²) in [5.74, 6) is -0.722. The van der Waals surface area contributed by atoms with Crippen molar-refractivity contribution < 1.29 is 30.0 Å². The summed E-state index contributed by atoms with van der Waals surface area (Å²) < 4.78 is 0. The topological polar surface area (TPSA) is 115 Å². The van der Waals surface area contributed by atoms with Crippen LogP contribution < -0.4 is 0 Å². The van der Waals surface area contributed by atoms with Gasteiger partial charge in [0, 0.05) is 16.9 Å². The lowest BCUT2D eigenvalue weighted by atomic mass is 9.75. The first-order valence-electron chi connectivity index (χ1n) is 7.24. The first kappa shape index (κ1) is 23.8. The SMILES string of the molecule is O=C(O)CCS.O=C(O)CCS.OCC1(CO)CCCCC1. The van der Waals surface area contributed by atoms with Gasteiger partial charge in [0.1, 0.15) is 0 Å². The predicted octanol–water partition coefficient (Wildman–Crippen LogP) is 1.70.